The summed E-state index contributed by atoms with van der Waals surface area (Å²) in [6.07, 6.45) is 0.474. The van der Waals surface area contributed by atoms with Crippen LogP contribution in [0.25, 0.3) is 0 Å². The minimum absolute atomic E-state index is 0.112. The lowest BCUT2D eigenvalue weighted by Gasteiger charge is -2.36. The van der Waals surface area contributed by atoms with Crippen LogP contribution in [0, 0.1) is 0 Å². The molecule has 1 aliphatic rings. The van der Waals surface area contributed by atoms with Gasteiger partial charge in [0.25, 0.3) is 0 Å². The van der Waals surface area contributed by atoms with Crippen molar-refractivity contribution in [2.45, 2.75) is 5.92 Å². The molecule has 2 heterocycles. The summed E-state index contributed by atoms with van der Waals surface area (Å²) in [7, 11) is -1.52. The lowest BCUT2D eigenvalue weighted by molar-refractivity contribution is 0.104. The highest BCUT2D eigenvalue weighted by Gasteiger charge is 2.32. The molecule has 3 N–H and O–H groups in total. The third-order valence-corrected chi connectivity index (χ3v) is 2.68. The Bertz CT molecular complexity index is 389. The van der Waals surface area contributed by atoms with E-state index >= 15 is 0 Å². The van der Waals surface area contributed by atoms with Gasteiger partial charge in [-0.3, -0.25) is 4.98 Å². The van der Waals surface area contributed by atoms with E-state index in [2.05, 4.69) is 4.98 Å². The largest absolute Gasteiger partial charge is 0.490 e. The molecule has 16 heavy (non-hydrogen) atoms. The van der Waals surface area contributed by atoms with E-state index in [0.29, 0.717) is 18.6 Å². The SMILES string of the molecule is O=C(O)N1CC(c2ccc(B(O)O)cn2)C1. The van der Waals surface area contributed by atoms with Crippen molar-refractivity contribution in [3.05, 3.63) is 24.0 Å². The van der Waals surface area contributed by atoms with Gasteiger partial charge < -0.3 is 20.1 Å². The van der Waals surface area contributed by atoms with Crippen molar-refractivity contribution in [2.24, 2.45) is 0 Å². The molecule has 0 bridgehead atoms. The van der Waals surface area contributed by atoms with Crippen molar-refractivity contribution in [3.8, 4) is 0 Å². The molecule has 0 atom stereocenters. The number of hydrogen-bond acceptors (Lipinski definition) is 4. The second kappa shape index (κ2) is 4.11. The summed E-state index contributed by atoms with van der Waals surface area (Å²) >= 11 is 0. The minimum Gasteiger partial charge on any atom is -0.465 e. The van der Waals surface area contributed by atoms with Crippen LogP contribution >= 0.6 is 0 Å². The molecule has 2 rings (SSSR count). The number of pyridine rings is 1. The zero-order chi connectivity index (χ0) is 11.7. The topological polar surface area (TPSA) is 93.9 Å². The van der Waals surface area contributed by atoms with Crippen molar-refractivity contribution in [3.63, 3.8) is 0 Å². The van der Waals surface area contributed by atoms with E-state index in [1.165, 1.54) is 11.1 Å². The zero-order valence-electron chi connectivity index (χ0n) is 8.45. The van der Waals surface area contributed by atoms with Gasteiger partial charge in [-0.05, 0) is 6.07 Å². The van der Waals surface area contributed by atoms with Gasteiger partial charge in [0, 0.05) is 36.4 Å². The Kier molecular flexibility index (Phi) is 2.80. The molecular formula is C9H11BN2O4. The maximum absolute atomic E-state index is 10.5. The van der Waals surface area contributed by atoms with E-state index in [1.807, 2.05) is 0 Å². The number of nitrogens with zero attached hydrogens (tertiary/aromatic N) is 2. The summed E-state index contributed by atoms with van der Waals surface area (Å²) in [6, 6.07) is 3.27. The van der Waals surface area contributed by atoms with Gasteiger partial charge in [0.05, 0.1) is 0 Å². The van der Waals surface area contributed by atoms with Crippen LogP contribution in [0.5, 0.6) is 0 Å². The van der Waals surface area contributed by atoms with Crippen LogP contribution in [0.1, 0.15) is 11.6 Å². The van der Waals surface area contributed by atoms with Crippen molar-refractivity contribution in [2.75, 3.05) is 13.1 Å². The lowest BCUT2D eigenvalue weighted by atomic mass is 9.81. The molecule has 1 aromatic rings. The molecule has 0 aliphatic carbocycles. The smallest absolute Gasteiger partial charge is 0.465 e. The van der Waals surface area contributed by atoms with Crippen LogP contribution in [-0.2, 0) is 0 Å². The predicted octanol–water partition coefficient (Wildman–Crippen LogP) is -1.16. The summed E-state index contributed by atoms with van der Waals surface area (Å²) in [4.78, 5) is 15.9. The molecule has 1 aromatic heterocycles. The number of carboxylic acid groups (broad SMARTS) is 1. The highest BCUT2D eigenvalue weighted by atomic mass is 16.4. The van der Waals surface area contributed by atoms with Gasteiger partial charge in [0.15, 0.2) is 0 Å². The highest BCUT2D eigenvalue weighted by Crippen LogP contribution is 2.24. The molecule has 1 fully saturated rings. The van der Waals surface area contributed by atoms with Gasteiger partial charge in [0.2, 0.25) is 0 Å². The summed E-state index contributed by atoms with van der Waals surface area (Å²) in [5.74, 6) is 0.112. The van der Waals surface area contributed by atoms with Gasteiger partial charge in [0.1, 0.15) is 0 Å². The molecule has 7 heteroatoms. The highest BCUT2D eigenvalue weighted by molar-refractivity contribution is 6.58. The lowest BCUT2D eigenvalue weighted by Crippen LogP contribution is -2.48. The van der Waals surface area contributed by atoms with Gasteiger partial charge in [-0.1, -0.05) is 6.07 Å². The second-order valence-corrected chi connectivity index (χ2v) is 3.77. The average molecular weight is 222 g/mol. The zero-order valence-corrected chi connectivity index (χ0v) is 8.45. The van der Waals surface area contributed by atoms with Gasteiger partial charge >= 0.3 is 13.2 Å². The monoisotopic (exact) mass is 222 g/mol. The van der Waals surface area contributed by atoms with Crippen LogP contribution in [0.15, 0.2) is 18.3 Å². The summed E-state index contributed by atoms with van der Waals surface area (Å²) in [5, 5.41) is 26.4. The van der Waals surface area contributed by atoms with E-state index in [9.17, 15) is 4.79 Å². The van der Waals surface area contributed by atoms with E-state index in [4.69, 9.17) is 15.2 Å². The van der Waals surface area contributed by atoms with E-state index < -0.39 is 13.2 Å². The van der Waals surface area contributed by atoms with E-state index in [0.717, 1.165) is 5.69 Å². The van der Waals surface area contributed by atoms with Gasteiger partial charge in [-0.25, -0.2) is 4.79 Å². The van der Waals surface area contributed by atoms with Gasteiger partial charge in [-0.2, -0.15) is 0 Å². The first-order valence-corrected chi connectivity index (χ1v) is 4.88. The minimum atomic E-state index is -1.52. The fourth-order valence-electron chi connectivity index (χ4n) is 1.63. The number of amides is 1. The van der Waals surface area contributed by atoms with Crippen LogP contribution in [0.2, 0.25) is 0 Å². The van der Waals surface area contributed by atoms with Crippen molar-refractivity contribution in [1.82, 2.24) is 9.88 Å². The van der Waals surface area contributed by atoms with Crippen LogP contribution in [-0.4, -0.2) is 51.3 Å². The molecule has 1 saturated heterocycles. The summed E-state index contributed by atoms with van der Waals surface area (Å²) in [6.45, 7) is 0.896. The van der Waals surface area contributed by atoms with Crippen LogP contribution < -0.4 is 5.46 Å². The number of hydrogen-bond donors (Lipinski definition) is 3. The fraction of sp³-hybridized carbons (Fsp3) is 0.333. The summed E-state index contributed by atoms with van der Waals surface area (Å²) < 4.78 is 0. The normalized spacial score (nSPS) is 15.8. The third-order valence-electron chi connectivity index (χ3n) is 2.68. The Morgan fingerprint density at radius 2 is 2.12 bits per heavy atom. The molecule has 0 aromatic carbocycles. The maximum Gasteiger partial charge on any atom is 0.490 e. The second-order valence-electron chi connectivity index (χ2n) is 3.77. The summed E-state index contributed by atoms with van der Waals surface area (Å²) in [5.41, 5.74) is 1.11. The maximum atomic E-state index is 10.5. The molecule has 1 aliphatic heterocycles. The Hall–Kier alpha value is -1.60. The fourth-order valence-corrected chi connectivity index (χ4v) is 1.63. The van der Waals surface area contributed by atoms with Crippen molar-refractivity contribution < 1.29 is 19.9 Å². The first-order chi connectivity index (χ1) is 7.58. The number of carbonyl (C=O) groups is 1. The Morgan fingerprint density at radius 1 is 1.44 bits per heavy atom. The third kappa shape index (κ3) is 2.00. The van der Waals surface area contributed by atoms with Crippen LogP contribution in [0.4, 0.5) is 4.79 Å². The first kappa shape index (κ1) is 10.9. The molecule has 0 spiro atoms. The number of aromatic nitrogens is 1. The van der Waals surface area contributed by atoms with Crippen molar-refractivity contribution in [1.29, 1.82) is 0 Å². The molecular weight excluding hydrogens is 211 g/mol. The molecule has 6 nitrogen and oxygen atoms in total. The first-order valence-electron chi connectivity index (χ1n) is 4.88. The molecule has 0 radical (unpaired) electrons. The number of rotatable bonds is 2. The molecule has 0 saturated carbocycles. The molecule has 84 valence electrons. The standard InChI is InChI=1S/C9H11BN2O4/c13-9(14)12-4-6(5-12)8-2-1-7(3-11-8)10(15)16/h1-3,6,15-16H,4-5H2,(H,13,14). The quantitative estimate of drug-likeness (QED) is 0.548. The molecule has 0 unspecified atom stereocenters. The Morgan fingerprint density at radius 3 is 2.56 bits per heavy atom. The predicted molar refractivity (Wildman–Crippen MR) is 56.4 cm³/mol. The van der Waals surface area contributed by atoms with Gasteiger partial charge in [-0.15, -0.1) is 0 Å². The Balaban J connectivity index is 1.99. The Labute approximate surface area is 92.3 Å². The molecule has 1 amide bonds. The van der Waals surface area contributed by atoms with E-state index in [1.54, 1.807) is 12.1 Å². The average Bonchev–Trinajstić information content (AvgIpc) is 2.15. The van der Waals surface area contributed by atoms with Crippen LogP contribution in [0.3, 0.4) is 0 Å². The van der Waals surface area contributed by atoms with E-state index in [-0.39, 0.29) is 5.92 Å². The van der Waals surface area contributed by atoms with Crippen molar-refractivity contribution >= 4 is 18.7 Å². The number of likely N-dealkylation sites (tertiary alicyclic amines) is 1.